The average molecular weight is 310 g/mol. The highest BCUT2D eigenvalue weighted by Gasteiger charge is 2.12. The molecule has 0 fully saturated rings. The molecule has 0 aliphatic heterocycles. The number of nitrogens with two attached hydrogens (primary N) is 1. The maximum absolute atomic E-state index is 5.60. The Labute approximate surface area is 115 Å². The Balaban J connectivity index is 2.01. The summed E-state index contributed by atoms with van der Waals surface area (Å²) >= 11 is 3.42. The minimum absolute atomic E-state index is 0.147. The zero-order valence-corrected chi connectivity index (χ0v) is 11.8. The van der Waals surface area contributed by atoms with E-state index in [9.17, 15) is 0 Å². The zero-order chi connectivity index (χ0) is 13.0. The highest BCUT2D eigenvalue weighted by Crippen LogP contribution is 2.12. The number of hydrogen-bond acceptors (Lipinski definition) is 4. The molecule has 1 aromatic carbocycles. The molecule has 2 rings (SSSR count). The number of benzene rings is 1. The van der Waals surface area contributed by atoms with Crippen LogP contribution in [0.1, 0.15) is 11.4 Å². The summed E-state index contributed by atoms with van der Waals surface area (Å²) in [6.07, 6.45) is 3.17. The molecule has 0 bridgehead atoms. The summed E-state index contributed by atoms with van der Waals surface area (Å²) in [7, 11) is 1.88. The molecule has 18 heavy (non-hydrogen) atoms. The van der Waals surface area contributed by atoms with Crippen LogP contribution in [0, 0.1) is 0 Å². The number of nitrogens with one attached hydrogen (secondary N) is 1. The third-order valence-electron chi connectivity index (χ3n) is 2.87. The van der Waals surface area contributed by atoms with Gasteiger partial charge in [0.1, 0.15) is 12.2 Å². The molecule has 0 spiro atoms. The number of rotatable bonds is 5. The lowest BCUT2D eigenvalue weighted by Crippen LogP contribution is -2.39. The topological polar surface area (TPSA) is 68.8 Å². The molecule has 0 radical (unpaired) electrons. The smallest absolute Gasteiger partial charge is 0.138 e. The molecule has 0 amide bonds. The van der Waals surface area contributed by atoms with Crippen molar-refractivity contribution in [1.82, 2.24) is 20.2 Å². The fourth-order valence-corrected chi connectivity index (χ4v) is 2.08. The van der Waals surface area contributed by atoms with Gasteiger partial charge in [-0.1, -0.05) is 28.1 Å². The van der Waals surface area contributed by atoms with Crippen molar-refractivity contribution in [3.8, 4) is 0 Å². The van der Waals surface area contributed by atoms with E-state index in [1.807, 2.05) is 19.2 Å². The van der Waals surface area contributed by atoms with Crippen molar-refractivity contribution in [2.24, 2.45) is 12.9 Å². The van der Waals surface area contributed by atoms with Crippen LogP contribution < -0.4 is 11.3 Å². The van der Waals surface area contributed by atoms with E-state index in [1.54, 1.807) is 11.0 Å². The van der Waals surface area contributed by atoms with E-state index in [1.165, 1.54) is 5.56 Å². The molecular weight excluding hydrogens is 294 g/mol. The van der Waals surface area contributed by atoms with E-state index in [0.29, 0.717) is 0 Å². The fourth-order valence-electron chi connectivity index (χ4n) is 1.82. The first-order chi connectivity index (χ1) is 8.69. The predicted octanol–water partition coefficient (Wildman–Crippen LogP) is 1.19. The van der Waals surface area contributed by atoms with Gasteiger partial charge in [0.05, 0.1) is 0 Å². The van der Waals surface area contributed by atoms with Crippen LogP contribution in [0.5, 0.6) is 0 Å². The monoisotopic (exact) mass is 309 g/mol. The molecule has 0 aliphatic carbocycles. The second kappa shape index (κ2) is 6.08. The number of aromatic nitrogens is 3. The van der Waals surface area contributed by atoms with Gasteiger partial charge in [-0.15, -0.1) is 0 Å². The maximum atomic E-state index is 5.60. The normalized spacial score (nSPS) is 12.6. The van der Waals surface area contributed by atoms with Crippen LogP contribution in [0.4, 0.5) is 0 Å². The Morgan fingerprint density at radius 1 is 1.33 bits per heavy atom. The summed E-state index contributed by atoms with van der Waals surface area (Å²) in [6, 6.07) is 8.39. The number of aryl methyl sites for hydroxylation is 1. The molecule has 1 unspecified atom stereocenters. The summed E-state index contributed by atoms with van der Waals surface area (Å²) in [5, 5.41) is 4.05. The highest BCUT2D eigenvalue weighted by atomic mass is 79.9. The van der Waals surface area contributed by atoms with Crippen LogP contribution in [0.3, 0.4) is 0 Å². The lowest BCUT2D eigenvalue weighted by Gasteiger charge is -2.15. The van der Waals surface area contributed by atoms with Gasteiger partial charge in [-0.25, -0.2) is 4.98 Å². The molecular formula is C12H16BrN5. The molecule has 6 heteroatoms. The molecule has 2 aromatic rings. The first kappa shape index (κ1) is 13.2. The minimum atomic E-state index is 0.147. The van der Waals surface area contributed by atoms with E-state index in [0.717, 1.165) is 23.1 Å². The molecule has 3 N–H and O–H groups in total. The van der Waals surface area contributed by atoms with Crippen molar-refractivity contribution in [2.75, 3.05) is 0 Å². The quantitative estimate of drug-likeness (QED) is 0.643. The van der Waals surface area contributed by atoms with Gasteiger partial charge in [-0.3, -0.25) is 16.0 Å². The minimum Gasteiger partial charge on any atom is -0.271 e. The Morgan fingerprint density at radius 3 is 2.61 bits per heavy atom. The first-order valence-electron chi connectivity index (χ1n) is 5.72. The predicted molar refractivity (Wildman–Crippen MR) is 73.7 cm³/mol. The van der Waals surface area contributed by atoms with Crippen molar-refractivity contribution in [3.63, 3.8) is 0 Å². The Hall–Kier alpha value is -1.24. The van der Waals surface area contributed by atoms with Gasteiger partial charge in [-0.05, 0) is 24.1 Å². The van der Waals surface area contributed by atoms with Gasteiger partial charge in [-0.2, -0.15) is 5.10 Å². The Bertz CT molecular complexity index is 493. The maximum Gasteiger partial charge on any atom is 0.138 e. The zero-order valence-electron chi connectivity index (χ0n) is 10.2. The van der Waals surface area contributed by atoms with Gasteiger partial charge < -0.3 is 0 Å². The Morgan fingerprint density at radius 2 is 2.06 bits per heavy atom. The van der Waals surface area contributed by atoms with Crippen LogP contribution in [0.15, 0.2) is 35.1 Å². The van der Waals surface area contributed by atoms with Gasteiger partial charge >= 0.3 is 0 Å². The molecule has 0 saturated heterocycles. The lowest BCUT2D eigenvalue weighted by atomic mass is 10.0. The molecule has 1 atom stereocenters. The summed E-state index contributed by atoms with van der Waals surface area (Å²) in [4.78, 5) is 4.21. The third kappa shape index (κ3) is 3.38. The van der Waals surface area contributed by atoms with Crippen molar-refractivity contribution in [2.45, 2.75) is 18.9 Å². The molecule has 1 heterocycles. The van der Waals surface area contributed by atoms with E-state index in [2.05, 4.69) is 43.6 Å². The van der Waals surface area contributed by atoms with E-state index >= 15 is 0 Å². The van der Waals surface area contributed by atoms with E-state index in [4.69, 9.17) is 5.84 Å². The van der Waals surface area contributed by atoms with Crippen LogP contribution in [0.25, 0.3) is 0 Å². The summed E-state index contributed by atoms with van der Waals surface area (Å²) < 4.78 is 2.85. The van der Waals surface area contributed by atoms with Crippen molar-refractivity contribution in [3.05, 3.63) is 46.5 Å². The van der Waals surface area contributed by atoms with Crippen molar-refractivity contribution >= 4 is 15.9 Å². The van der Waals surface area contributed by atoms with Crippen molar-refractivity contribution in [1.29, 1.82) is 0 Å². The largest absolute Gasteiger partial charge is 0.271 e. The summed E-state index contributed by atoms with van der Waals surface area (Å²) in [5.74, 6) is 6.53. The summed E-state index contributed by atoms with van der Waals surface area (Å²) in [6.45, 7) is 0. The third-order valence-corrected chi connectivity index (χ3v) is 3.39. The lowest BCUT2D eigenvalue weighted by molar-refractivity contribution is 0.499. The molecule has 0 saturated carbocycles. The first-order valence-corrected chi connectivity index (χ1v) is 6.52. The number of hydrogen-bond donors (Lipinski definition) is 2. The van der Waals surface area contributed by atoms with Crippen LogP contribution in [0.2, 0.25) is 0 Å². The average Bonchev–Trinajstić information content (AvgIpc) is 2.77. The molecule has 5 nitrogen and oxygen atoms in total. The molecule has 96 valence electrons. The van der Waals surface area contributed by atoms with Gasteiger partial charge in [0.2, 0.25) is 0 Å². The second-order valence-corrected chi connectivity index (χ2v) is 5.11. The van der Waals surface area contributed by atoms with Crippen molar-refractivity contribution < 1.29 is 0 Å². The van der Waals surface area contributed by atoms with Crippen LogP contribution >= 0.6 is 15.9 Å². The summed E-state index contributed by atoms with van der Waals surface area (Å²) in [5.41, 5.74) is 4.08. The van der Waals surface area contributed by atoms with Gasteiger partial charge in [0, 0.05) is 24.0 Å². The number of nitrogens with zero attached hydrogens (tertiary/aromatic N) is 3. The molecule has 0 aliphatic rings. The Kier molecular flexibility index (Phi) is 4.46. The van der Waals surface area contributed by atoms with E-state index < -0.39 is 0 Å². The standard InChI is InChI=1S/C12H16BrN5/c1-18-12(15-8-16-18)7-11(17-14)6-9-2-4-10(13)5-3-9/h2-5,8,11,17H,6-7,14H2,1H3. The SMILES string of the molecule is Cn1ncnc1CC(Cc1ccc(Br)cc1)NN. The second-order valence-electron chi connectivity index (χ2n) is 4.20. The van der Waals surface area contributed by atoms with Gasteiger partial charge in [0.15, 0.2) is 0 Å². The highest BCUT2D eigenvalue weighted by molar-refractivity contribution is 9.10. The van der Waals surface area contributed by atoms with E-state index in [-0.39, 0.29) is 6.04 Å². The fraction of sp³-hybridized carbons (Fsp3) is 0.333. The van der Waals surface area contributed by atoms with Crippen LogP contribution in [-0.2, 0) is 19.9 Å². The number of hydrazine groups is 1. The molecule has 1 aromatic heterocycles. The van der Waals surface area contributed by atoms with Crippen LogP contribution in [-0.4, -0.2) is 20.8 Å². The number of halogens is 1. The van der Waals surface area contributed by atoms with Gasteiger partial charge in [0.25, 0.3) is 0 Å².